The summed E-state index contributed by atoms with van der Waals surface area (Å²) in [6.07, 6.45) is 1.73. The highest BCUT2D eigenvalue weighted by atomic mass is 16.5. The van der Waals surface area contributed by atoms with Crippen LogP contribution in [0.4, 0.5) is 0 Å². The highest BCUT2D eigenvalue weighted by Crippen LogP contribution is 2.17. The van der Waals surface area contributed by atoms with Gasteiger partial charge in [0.05, 0.1) is 20.3 Å². The SMILES string of the molecule is CCNC(=NCc1cccc(OCCCOC)c1)NCCc1ccccc1OC. The van der Waals surface area contributed by atoms with Crippen LogP contribution in [0, 0.1) is 0 Å². The fourth-order valence-corrected chi connectivity index (χ4v) is 2.86. The molecule has 0 bridgehead atoms. The molecule has 29 heavy (non-hydrogen) atoms. The third kappa shape index (κ3) is 8.44. The Labute approximate surface area is 174 Å². The van der Waals surface area contributed by atoms with E-state index in [1.807, 2.05) is 36.4 Å². The van der Waals surface area contributed by atoms with Crippen molar-refractivity contribution in [1.29, 1.82) is 0 Å². The summed E-state index contributed by atoms with van der Waals surface area (Å²) >= 11 is 0. The molecule has 0 amide bonds. The molecule has 2 rings (SSSR count). The molecule has 0 unspecified atom stereocenters. The van der Waals surface area contributed by atoms with Gasteiger partial charge in [0.1, 0.15) is 11.5 Å². The number of hydrogen-bond donors (Lipinski definition) is 2. The summed E-state index contributed by atoms with van der Waals surface area (Å²) in [5, 5.41) is 6.69. The van der Waals surface area contributed by atoms with Gasteiger partial charge in [0.15, 0.2) is 5.96 Å². The fourth-order valence-electron chi connectivity index (χ4n) is 2.86. The van der Waals surface area contributed by atoms with Gasteiger partial charge in [-0.25, -0.2) is 4.99 Å². The van der Waals surface area contributed by atoms with Crippen LogP contribution < -0.4 is 20.1 Å². The van der Waals surface area contributed by atoms with Gasteiger partial charge in [0.25, 0.3) is 0 Å². The van der Waals surface area contributed by atoms with Gasteiger partial charge in [-0.2, -0.15) is 0 Å². The van der Waals surface area contributed by atoms with Crippen molar-refractivity contribution < 1.29 is 14.2 Å². The lowest BCUT2D eigenvalue weighted by Gasteiger charge is -2.13. The maximum Gasteiger partial charge on any atom is 0.191 e. The monoisotopic (exact) mass is 399 g/mol. The van der Waals surface area contributed by atoms with Gasteiger partial charge in [-0.05, 0) is 42.7 Å². The first-order valence-electron chi connectivity index (χ1n) is 10.1. The normalized spacial score (nSPS) is 11.2. The number of nitrogens with one attached hydrogen (secondary N) is 2. The number of benzene rings is 2. The minimum Gasteiger partial charge on any atom is -0.496 e. The Hall–Kier alpha value is -2.73. The molecule has 0 radical (unpaired) electrons. The highest BCUT2D eigenvalue weighted by Gasteiger charge is 2.03. The van der Waals surface area contributed by atoms with Crippen LogP contribution in [-0.2, 0) is 17.7 Å². The Bertz CT molecular complexity index is 750. The zero-order valence-electron chi connectivity index (χ0n) is 17.7. The van der Waals surface area contributed by atoms with Crippen molar-refractivity contribution in [3.63, 3.8) is 0 Å². The number of aliphatic imine (C=N–C) groups is 1. The van der Waals surface area contributed by atoms with Crippen molar-refractivity contribution in [2.75, 3.05) is 40.5 Å². The van der Waals surface area contributed by atoms with Crippen LogP contribution in [0.1, 0.15) is 24.5 Å². The van der Waals surface area contributed by atoms with Crippen LogP contribution in [0.3, 0.4) is 0 Å². The molecule has 0 aliphatic carbocycles. The van der Waals surface area contributed by atoms with E-state index < -0.39 is 0 Å². The maximum atomic E-state index is 5.77. The molecule has 0 spiro atoms. The van der Waals surface area contributed by atoms with E-state index >= 15 is 0 Å². The van der Waals surface area contributed by atoms with Crippen LogP contribution in [0.15, 0.2) is 53.5 Å². The molecule has 0 fully saturated rings. The van der Waals surface area contributed by atoms with Gasteiger partial charge in [-0.3, -0.25) is 0 Å². The van der Waals surface area contributed by atoms with E-state index in [1.54, 1.807) is 14.2 Å². The smallest absolute Gasteiger partial charge is 0.191 e. The average Bonchev–Trinajstić information content (AvgIpc) is 2.75. The molecule has 0 aliphatic rings. The zero-order chi connectivity index (χ0) is 20.7. The second kappa shape index (κ2) is 13.4. The maximum absolute atomic E-state index is 5.77. The molecule has 2 N–H and O–H groups in total. The van der Waals surface area contributed by atoms with Gasteiger partial charge < -0.3 is 24.8 Å². The summed E-state index contributed by atoms with van der Waals surface area (Å²) in [6.45, 7) is 5.58. The first kappa shape index (κ1) is 22.6. The molecule has 0 saturated carbocycles. The van der Waals surface area contributed by atoms with Crippen molar-refractivity contribution in [2.45, 2.75) is 26.3 Å². The topological polar surface area (TPSA) is 64.1 Å². The first-order valence-corrected chi connectivity index (χ1v) is 10.1. The van der Waals surface area contributed by atoms with Crippen LogP contribution in [0.25, 0.3) is 0 Å². The standard InChI is InChI=1S/C23H33N3O3/c1-4-24-23(25-14-13-20-10-5-6-12-22(20)28-3)26-18-19-9-7-11-21(17-19)29-16-8-15-27-2/h5-7,9-12,17H,4,8,13-16,18H2,1-3H3,(H2,24,25,26). The molecular formula is C23H33N3O3. The predicted octanol–water partition coefficient (Wildman–Crippen LogP) is 3.41. The Morgan fingerprint density at radius 3 is 2.66 bits per heavy atom. The molecule has 0 aliphatic heterocycles. The minimum absolute atomic E-state index is 0.583. The molecule has 2 aromatic carbocycles. The molecule has 0 heterocycles. The fraction of sp³-hybridized carbons (Fsp3) is 0.435. The number of rotatable bonds is 12. The Balaban J connectivity index is 1.88. The van der Waals surface area contributed by atoms with E-state index in [0.29, 0.717) is 19.8 Å². The van der Waals surface area contributed by atoms with Crippen molar-refractivity contribution in [2.24, 2.45) is 4.99 Å². The number of guanidine groups is 1. The third-order valence-corrected chi connectivity index (χ3v) is 4.30. The average molecular weight is 400 g/mol. The summed E-state index contributed by atoms with van der Waals surface area (Å²) in [5.41, 5.74) is 2.29. The quantitative estimate of drug-likeness (QED) is 0.325. The van der Waals surface area contributed by atoms with Gasteiger partial charge in [0, 0.05) is 33.2 Å². The Morgan fingerprint density at radius 2 is 1.86 bits per heavy atom. The number of nitrogens with zero attached hydrogens (tertiary/aromatic N) is 1. The number of methoxy groups -OCH3 is 2. The summed E-state index contributed by atoms with van der Waals surface area (Å²) in [7, 11) is 3.40. The second-order valence-electron chi connectivity index (χ2n) is 6.53. The Morgan fingerprint density at radius 1 is 1.00 bits per heavy atom. The van der Waals surface area contributed by atoms with Crippen molar-refractivity contribution in [1.82, 2.24) is 10.6 Å². The summed E-state index contributed by atoms with van der Waals surface area (Å²) in [4.78, 5) is 4.70. The van der Waals surface area contributed by atoms with Gasteiger partial charge >= 0.3 is 0 Å². The molecule has 0 atom stereocenters. The van der Waals surface area contributed by atoms with Crippen LogP contribution in [-0.4, -0.2) is 46.5 Å². The lowest BCUT2D eigenvalue weighted by atomic mass is 10.1. The Kier molecular flexibility index (Phi) is 10.5. The van der Waals surface area contributed by atoms with Crippen LogP contribution in [0.5, 0.6) is 11.5 Å². The molecule has 6 nitrogen and oxygen atoms in total. The van der Waals surface area contributed by atoms with Crippen LogP contribution >= 0.6 is 0 Å². The number of para-hydroxylation sites is 1. The molecule has 6 heteroatoms. The lowest BCUT2D eigenvalue weighted by Crippen LogP contribution is -2.38. The van der Waals surface area contributed by atoms with Gasteiger partial charge in [0.2, 0.25) is 0 Å². The molecule has 158 valence electrons. The van der Waals surface area contributed by atoms with Crippen LogP contribution in [0.2, 0.25) is 0 Å². The lowest BCUT2D eigenvalue weighted by molar-refractivity contribution is 0.172. The van der Waals surface area contributed by atoms with E-state index in [9.17, 15) is 0 Å². The molecule has 0 aromatic heterocycles. The van der Waals surface area contributed by atoms with Crippen molar-refractivity contribution >= 4 is 5.96 Å². The highest BCUT2D eigenvalue weighted by molar-refractivity contribution is 5.79. The molecule has 0 saturated heterocycles. The third-order valence-electron chi connectivity index (χ3n) is 4.30. The van der Waals surface area contributed by atoms with Gasteiger partial charge in [-0.1, -0.05) is 30.3 Å². The minimum atomic E-state index is 0.583. The zero-order valence-corrected chi connectivity index (χ0v) is 17.7. The predicted molar refractivity (Wildman–Crippen MR) is 118 cm³/mol. The number of ether oxygens (including phenoxy) is 3. The summed E-state index contributed by atoms with van der Waals surface area (Å²) < 4.78 is 16.2. The van der Waals surface area contributed by atoms with E-state index in [-0.39, 0.29) is 0 Å². The van der Waals surface area contributed by atoms with Crippen molar-refractivity contribution in [3.05, 3.63) is 59.7 Å². The van der Waals surface area contributed by atoms with E-state index in [0.717, 1.165) is 49.0 Å². The van der Waals surface area contributed by atoms with E-state index in [2.05, 4.69) is 29.7 Å². The molecule has 2 aromatic rings. The molecular weight excluding hydrogens is 366 g/mol. The largest absolute Gasteiger partial charge is 0.496 e. The first-order chi connectivity index (χ1) is 14.3. The van der Waals surface area contributed by atoms with E-state index in [4.69, 9.17) is 19.2 Å². The summed E-state index contributed by atoms with van der Waals surface area (Å²) in [5.74, 6) is 2.58. The van der Waals surface area contributed by atoms with Crippen molar-refractivity contribution in [3.8, 4) is 11.5 Å². The summed E-state index contributed by atoms with van der Waals surface area (Å²) in [6, 6.07) is 16.1. The second-order valence-corrected chi connectivity index (χ2v) is 6.53. The van der Waals surface area contributed by atoms with Gasteiger partial charge in [-0.15, -0.1) is 0 Å². The number of hydrogen-bond acceptors (Lipinski definition) is 4. The van der Waals surface area contributed by atoms with E-state index in [1.165, 1.54) is 5.56 Å².